The topological polar surface area (TPSA) is 40.2 Å². The van der Waals surface area contributed by atoms with Crippen LogP contribution in [0.25, 0.3) is 0 Å². The van der Waals surface area contributed by atoms with Crippen molar-refractivity contribution < 1.29 is 18.9 Å². The van der Waals surface area contributed by atoms with Gasteiger partial charge >= 0.3 is 0 Å². The van der Waals surface area contributed by atoms with Gasteiger partial charge in [-0.05, 0) is 62.1 Å². The molecule has 5 heteroatoms. The molecular weight excluding hydrogens is 354 g/mol. The van der Waals surface area contributed by atoms with Gasteiger partial charge in [-0.1, -0.05) is 6.07 Å². The summed E-state index contributed by atoms with van der Waals surface area (Å²) < 4.78 is 24.5. The summed E-state index contributed by atoms with van der Waals surface area (Å²) in [5.74, 6) is 2.64. The summed E-state index contributed by atoms with van der Waals surface area (Å²) in [6.45, 7) is 2.43. The Labute approximate surface area is 167 Å². The van der Waals surface area contributed by atoms with Gasteiger partial charge < -0.3 is 18.9 Å². The lowest BCUT2D eigenvalue weighted by Gasteiger charge is -2.61. The van der Waals surface area contributed by atoms with E-state index in [-0.39, 0.29) is 11.5 Å². The average Bonchev–Trinajstić information content (AvgIpc) is 3.47. The van der Waals surface area contributed by atoms with Crippen LogP contribution in [0.15, 0.2) is 12.1 Å². The zero-order valence-electron chi connectivity index (χ0n) is 17.2. The Balaban J connectivity index is 1.53. The first-order valence-electron chi connectivity index (χ1n) is 10.9. The highest BCUT2D eigenvalue weighted by molar-refractivity contribution is 5.61. The first kappa shape index (κ1) is 17.5. The summed E-state index contributed by atoms with van der Waals surface area (Å²) in [7, 11) is 5.28. The standard InChI is InChI=1S/C23H31NO4/c1-25-18-7-6-15-12-17-16-8-9-23(26-2,27-3)21-22(16,19(15)20(18)28-21)10-11-24(17)13-14-4-5-14/h6-7,14,16-17,21H,4-5,8-13H2,1-3H3/t16?,17-,21-,22?/m0/s1. The minimum Gasteiger partial charge on any atom is -0.493 e. The summed E-state index contributed by atoms with van der Waals surface area (Å²) in [5, 5.41) is 0. The van der Waals surface area contributed by atoms with E-state index < -0.39 is 5.79 Å². The second-order valence-electron chi connectivity index (χ2n) is 9.49. The molecule has 1 spiro atoms. The van der Waals surface area contributed by atoms with Crippen LogP contribution in [-0.2, 0) is 21.3 Å². The molecule has 2 aliphatic heterocycles. The number of hydrogen-bond acceptors (Lipinski definition) is 5. The number of benzene rings is 1. The summed E-state index contributed by atoms with van der Waals surface area (Å²) in [5.41, 5.74) is 2.83. The summed E-state index contributed by atoms with van der Waals surface area (Å²) in [4.78, 5) is 2.81. The van der Waals surface area contributed by atoms with Crippen molar-refractivity contribution in [2.75, 3.05) is 34.4 Å². The SMILES string of the molecule is COc1ccc2c3c1O[C@@H]1C(OC)(OC)CCC4[C@H](C2)N(CC2CC2)CCC341. The molecule has 0 aromatic heterocycles. The van der Waals surface area contributed by atoms with E-state index in [1.54, 1.807) is 21.3 Å². The van der Waals surface area contributed by atoms with Crippen molar-refractivity contribution in [1.29, 1.82) is 0 Å². The molecule has 28 heavy (non-hydrogen) atoms. The third-order valence-corrected chi connectivity index (χ3v) is 8.52. The normalized spacial score (nSPS) is 37.3. The molecule has 1 saturated heterocycles. The number of piperidine rings is 1. The lowest BCUT2D eigenvalue weighted by Crippen LogP contribution is -2.71. The molecule has 5 aliphatic rings. The lowest BCUT2D eigenvalue weighted by atomic mass is 9.50. The van der Waals surface area contributed by atoms with Gasteiger partial charge in [-0.25, -0.2) is 0 Å². The summed E-state index contributed by atoms with van der Waals surface area (Å²) in [6.07, 6.45) is 6.99. The molecule has 2 bridgehead atoms. The zero-order chi connectivity index (χ0) is 19.1. The van der Waals surface area contributed by atoms with Crippen molar-refractivity contribution in [3.63, 3.8) is 0 Å². The predicted octanol–water partition coefficient (Wildman–Crippen LogP) is 3.13. The van der Waals surface area contributed by atoms with Crippen LogP contribution in [0.1, 0.15) is 43.2 Å². The second-order valence-corrected chi connectivity index (χ2v) is 9.49. The maximum absolute atomic E-state index is 6.73. The van der Waals surface area contributed by atoms with Crippen molar-refractivity contribution in [1.82, 2.24) is 4.90 Å². The highest BCUT2D eigenvalue weighted by atomic mass is 16.7. The number of ether oxygens (including phenoxy) is 4. The molecule has 2 saturated carbocycles. The van der Waals surface area contributed by atoms with Crippen LogP contribution < -0.4 is 9.47 Å². The van der Waals surface area contributed by atoms with Crippen molar-refractivity contribution in [3.05, 3.63) is 23.3 Å². The fourth-order valence-corrected chi connectivity index (χ4v) is 7.11. The van der Waals surface area contributed by atoms with Crippen molar-refractivity contribution in [3.8, 4) is 11.5 Å². The van der Waals surface area contributed by atoms with Gasteiger partial charge in [0.05, 0.1) is 7.11 Å². The van der Waals surface area contributed by atoms with Gasteiger partial charge in [0.25, 0.3) is 0 Å². The third kappa shape index (κ3) is 2.03. The van der Waals surface area contributed by atoms with Gasteiger partial charge in [0, 0.05) is 44.2 Å². The molecule has 1 aromatic rings. The van der Waals surface area contributed by atoms with Crippen molar-refractivity contribution in [2.45, 2.75) is 61.9 Å². The molecule has 4 atom stereocenters. The maximum Gasteiger partial charge on any atom is 0.206 e. The summed E-state index contributed by atoms with van der Waals surface area (Å²) >= 11 is 0. The zero-order valence-corrected chi connectivity index (χ0v) is 17.2. The average molecular weight is 386 g/mol. The second kappa shape index (κ2) is 5.87. The Morgan fingerprint density at radius 2 is 1.93 bits per heavy atom. The smallest absolute Gasteiger partial charge is 0.206 e. The highest BCUT2D eigenvalue weighted by Crippen LogP contribution is 2.66. The van der Waals surface area contributed by atoms with Crippen molar-refractivity contribution >= 4 is 0 Å². The Morgan fingerprint density at radius 3 is 2.64 bits per heavy atom. The molecule has 3 fully saturated rings. The van der Waals surface area contributed by atoms with E-state index in [0.717, 1.165) is 49.6 Å². The van der Waals surface area contributed by atoms with Crippen LogP contribution in [0, 0.1) is 11.8 Å². The van der Waals surface area contributed by atoms with Gasteiger partial charge in [0.15, 0.2) is 17.6 Å². The van der Waals surface area contributed by atoms with E-state index in [4.69, 9.17) is 18.9 Å². The van der Waals surface area contributed by atoms with Gasteiger partial charge in [-0.15, -0.1) is 0 Å². The highest BCUT2D eigenvalue weighted by Gasteiger charge is 2.70. The van der Waals surface area contributed by atoms with E-state index in [9.17, 15) is 0 Å². The largest absolute Gasteiger partial charge is 0.493 e. The minimum absolute atomic E-state index is 0.0214. The number of nitrogens with zero attached hydrogens (tertiary/aromatic N) is 1. The molecule has 5 nitrogen and oxygen atoms in total. The van der Waals surface area contributed by atoms with Gasteiger partial charge in [0.1, 0.15) is 0 Å². The Kier molecular flexibility index (Phi) is 3.68. The molecule has 2 unspecified atom stereocenters. The monoisotopic (exact) mass is 385 g/mol. The maximum atomic E-state index is 6.73. The van der Waals surface area contributed by atoms with Gasteiger partial charge in [-0.2, -0.15) is 0 Å². The lowest BCUT2D eigenvalue weighted by molar-refractivity contribution is -0.292. The van der Waals surface area contributed by atoms with E-state index in [1.165, 1.54) is 30.5 Å². The van der Waals surface area contributed by atoms with Crippen LogP contribution in [0.2, 0.25) is 0 Å². The predicted molar refractivity (Wildman–Crippen MR) is 105 cm³/mol. The van der Waals surface area contributed by atoms with Crippen LogP contribution in [0.3, 0.4) is 0 Å². The fourth-order valence-electron chi connectivity index (χ4n) is 7.11. The quantitative estimate of drug-likeness (QED) is 0.729. The minimum atomic E-state index is -0.682. The Hall–Kier alpha value is -1.30. The van der Waals surface area contributed by atoms with E-state index in [0.29, 0.717) is 12.0 Å². The number of likely N-dealkylation sites (tertiary alicyclic amines) is 1. The number of methoxy groups -OCH3 is 3. The van der Waals surface area contributed by atoms with E-state index >= 15 is 0 Å². The molecule has 2 heterocycles. The third-order valence-electron chi connectivity index (χ3n) is 8.52. The molecule has 0 amide bonds. The molecule has 152 valence electrons. The first-order chi connectivity index (χ1) is 13.7. The number of rotatable bonds is 5. The summed E-state index contributed by atoms with van der Waals surface area (Å²) in [6, 6.07) is 4.98. The molecule has 3 aliphatic carbocycles. The number of hydrogen-bond donors (Lipinski definition) is 0. The molecule has 1 aromatic carbocycles. The molecule has 0 radical (unpaired) electrons. The fraction of sp³-hybridized carbons (Fsp3) is 0.739. The Morgan fingerprint density at radius 1 is 1.11 bits per heavy atom. The van der Waals surface area contributed by atoms with E-state index in [2.05, 4.69) is 17.0 Å². The molecular formula is C23H31NO4. The van der Waals surface area contributed by atoms with Crippen molar-refractivity contribution in [2.24, 2.45) is 11.8 Å². The molecule has 0 N–H and O–H groups in total. The van der Waals surface area contributed by atoms with Crippen LogP contribution in [0.4, 0.5) is 0 Å². The molecule has 6 rings (SSSR count). The Bertz CT molecular complexity index is 802. The van der Waals surface area contributed by atoms with Gasteiger partial charge in [-0.3, -0.25) is 4.90 Å². The van der Waals surface area contributed by atoms with E-state index in [1.807, 2.05) is 0 Å². The van der Waals surface area contributed by atoms with Crippen LogP contribution in [-0.4, -0.2) is 57.3 Å². The van der Waals surface area contributed by atoms with Crippen LogP contribution >= 0.6 is 0 Å². The van der Waals surface area contributed by atoms with Gasteiger partial charge in [0.2, 0.25) is 5.79 Å². The first-order valence-corrected chi connectivity index (χ1v) is 10.9. The van der Waals surface area contributed by atoms with Crippen LogP contribution in [0.5, 0.6) is 11.5 Å².